The first kappa shape index (κ1) is 14.2. The van der Waals surface area contributed by atoms with Crippen molar-refractivity contribution in [2.75, 3.05) is 7.11 Å². The van der Waals surface area contributed by atoms with E-state index in [0.29, 0.717) is 10.6 Å². The Balaban J connectivity index is 2.31. The van der Waals surface area contributed by atoms with Crippen molar-refractivity contribution in [1.29, 1.82) is 5.26 Å². The van der Waals surface area contributed by atoms with Crippen LogP contribution in [0.3, 0.4) is 0 Å². The van der Waals surface area contributed by atoms with Gasteiger partial charge < -0.3 is 4.74 Å². The lowest BCUT2D eigenvalue weighted by Gasteiger charge is -2.08. The normalized spacial score (nSPS) is 11.7. The van der Waals surface area contributed by atoms with Gasteiger partial charge in [-0.15, -0.1) is 0 Å². The molecular formula is C15H12FNO2S. The summed E-state index contributed by atoms with van der Waals surface area (Å²) in [6.07, 6.45) is 0. The molecule has 0 bridgehead atoms. The molecule has 1 unspecified atom stereocenters. The smallest absolute Gasteiger partial charge is 0.145 e. The Bertz CT molecular complexity index is 695. The molecule has 5 heteroatoms. The van der Waals surface area contributed by atoms with Crippen molar-refractivity contribution in [2.24, 2.45) is 0 Å². The van der Waals surface area contributed by atoms with Gasteiger partial charge in [0.05, 0.1) is 34.1 Å². The van der Waals surface area contributed by atoms with Gasteiger partial charge in [-0.05, 0) is 18.2 Å². The zero-order valence-corrected chi connectivity index (χ0v) is 11.6. The van der Waals surface area contributed by atoms with Gasteiger partial charge in [-0.25, -0.2) is 4.39 Å². The van der Waals surface area contributed by atoms with E-state index in [1.807, 2.05) is 0 Å². The van der Waals surface area contributed by atoms with Crippen LogP contribution in [0.5, 0.6) is 5.75 Å². The zero-order chi connectivity index (χ0) is 14.5. The summed E-state index contributed by atoms with van der Waals surface area (Å²) in [6.45, 7) is 0. The first-order valence-corrected chi connectivity index (χ1v) is 7.18. The quantitative estimate of drug-likeness (QED) is 0.869. The van der Waals surface area contributed by atoms with E-state index >= 15 is 0 Å². The fourth-order valence-corrected chi connectivity index (χ4v) is 3.07. The van der Waals surface area contributed by atoms with Crippen LogP contribution < -0.4 is 4.74 Å². The van der Waals surface area contributed by atoms with E-state index in [1.165, 1.54) is 19.2 Å². The second-order valence-electron chi connectivity index (χ2n) is 4.03. The van der Waals surface area contributed by atoms with Gasteiger partial charge in [0.1, 0.15) is 17.6 Å². The molecule has 0 heterocycles. The van der Waals surface area contributed by atoms with E-state index < -0.39 is 16.6 Å². The average Bonchev–Trinajstić information content (AvgIpc) is 2.49. The maximum Gasteiger partial charge on any atom is 0.145 e. The third kappa shape index (κ3) is 2.86. The molecule has 0 saturated heterocycles. The molecule has 0 fully saturated rings. The number of halogens is 1. The van der Waals surface area contributed by atoms with Gasteiger partial charge in [0.2, 0.25) is 0 Å². The van der Waals surface area contributed by atoms with Crippen molar-refractivity contribution < 1.29 is 13.3 Å². The molecule has 0 N–H and O–H groups in total. The predicted molar refractivity (Wildman–Crippen MR) is 74.2 cm³/mol. The topological polar surface area (TPSA) is 50.1 Å². The molecule has 2 rings (SSSR count). The number of hydrogen-bond acceptors (Lipinski definition) is 3. The lowest BCUT2D eigenvalue weighted by Crippen LogP contribution is -2.02. The third-order valence-corrected chi connectivity index (χ3v) is 4.20. The van der Waals surface area contributed by atoms with Crippen LogP contribution in [0.1, 0.15) is 11.1 Å². The van der Waals surface area contributed by atoms with E-state index in [2.05, 4.69) is 0 Å². The highest BCUT2D eigenvalue weighted by atomic mass is 32.2. The SMILES string of the molecule is COc1ccccc1S(=O)Cc1cccc(C#N)c1F. The van der Waals surface area contributed by atoms with Crippen molar-refractivity contribution in [3.8, 4) is 11.8 Å². The second kappa shape index (κ2) is 6.31. The molecule has 0 aliphatic rings. The molecule has 1 atom stereocenters. The van der Waals surface area contributed by atoms with Crippen LogP contribution in [-0.4, -0.2) is 11.3 Å². The summed E-state index contributed by atoms with van der Waals surface area (Å²) in [5, 5.41) is 8.79. The molecule has 20 heavy (non-hydrogen) atoms. The van der Waals surface area contributed by atoms with E-state index in [-0.39, 0.29) is 16.9 Å². The fraction of sp³-hybridized carbons (Fsp3) is 0.133. The van der Waals surface area contributed by atoms with Crippen LogP contribution >= 0.6 is 0 Å². The number of ether oxygens (including phenoxy) is 1. The summed E-state index contributed by atoms with van der Waals surface area (Å²) in [5.74, 6) is -0.109. The molecule has 0 amide bonds. The summed E-state index contributed by atoms with van der Waals surface area (Å²) in [6, 6.07) is 13.2. The second-order valence-corrected chi connectivity index (χ2v) is 5.45. The minimum atomic E-state index is -1.44. The highest BCUT2D eigenvalue weighted by Crippen LogP contribution is 2.24. The van der Waals surface area contributed by atoms with Crippen molar-refractivity contribution in [3.63, 3.8) is 0 Å². The number of nitrogens with zero attached hydrogens (tertiary/aromatic N) is 1. The molecule has 2 aromatic rings. The maximum atomic E-state index is 13.9. The van der Waals surface area contributed by atoms with Crippen molar-refractivity contribution in [3.05, 3.63) is 59.4 Å². The van der Waals surface area contributed by atoms with Gasteiger partial charge in [-0.2, -0.15) is 5.26 Å². The van der Waals surface area contributed by atoms with E-state index in [4.69, 9.17) is 10.00 Å². The predicted octanol–water partition coefficient (Wildman–Crippen LogP) is 3.01. The standard InChI is InChI=1S/C15H12FNO2S/c1-19-13-7-2-3-8-14(13)20(18)10-12-6-4-5-11(9-17)15(12)16/h2-8H,10H2,1H3. The van der Waals surface area contributed by atoms with E-state index in [1.54, 1.807) is 36.4 Å². The molecular weight excluding hydrogens is 277 g/mol. The fourth-order valence-electron chi connectivity index (χ4n) is 1.80. The monoisotopic (exact) mass is 289 g/mol. The van der Waals surface area contributed by atoms with Crippen molar-refractivity contribution in [1.82, 2.24) is 0 Å². The number of hydrogen-bond donors (Lipinski definition) is 0. The Labute approximate surface area is 119 Å². The molecule has 0 radical (unpaired) electrons. The van der Waals surface area contributed by atoms with E-state index in [0.717, 1.165) is 0 Å². The van der Waals surface area contributed by atoms with Gasteiger partial charge in [0, 0.05) is 5.56 Å². The summed E-state index contributed by atoms with van der Waals surface area (Å²) < 4.78 is 31.4. The van der Waals surface area contributed by atoms with Gasteiger partial charge in [0.25, 0.3) is 0 Å². The van der Waals surface area contributed by atoms with Crippen LogP contribution in [0.2, 0.25) is 0 Å². The number of para-hydroxylation sites is 1. The zero-order valence-electron chi connectivity index (χ0n) is 10.8. The first-order chi connectivity index (χ1) is 9.67. The van der Waals surface area contributed by atoms with Crippen molar-refractivity contribution >= 4 is 10.8 Å². The Hall–Kier alpha value is -2.19. The van der Waals surface area contributed by atoms with Gasteiger partial charge in [0.15, 0.2) is 0 Å². The lowest BCUT2D eigenvalue weighted by atomic mass is 10.1. The van der Waals surface area contributed by atoms with Gasteiger partial charge >= 0.3 is 0 Å². The van der Waals surface area contributed by atoms with Gasteiger partial charge in [-0.1, -0.05) is 24.3 Å². The Morgan fingerprint density at radius 1 is 1.25 bits per heavy atom. The minimum Gasteiger partial charge on any atom is -0.495 e. The van der Waals surface area contributed by atoms with Gasteiger partial charge in [-0.3, -0.25) is 4.21 Å². The first-order valence-electron chi connectivity index (χ1n) is 5.86. The third-order valence-electron chi connectivity index (χ3n) is 2.80. The number of methoxy groups -OCH3 is 1. The highest BCUT2D eigenvalue weighted by Gasteiger charge is 2.14. The number of nitriles is 1. The molecule has 3 nitrogen and oxygen atoms in total. The van der Waals surface area contributed by atoms with Crippen LogP contribution in [-0.2, 0) is 16.6 Å². The average molecular weight is 289 g/mol. The highest BCUT2D eigenvalue weighted by molar-refractivity contribution is 7.84. The van der Waals surface area contributed by atoms with Crippen LogP contribution in [0.4, 0.5) is 4.39 Å². The Morgan fingerprint density at radius 3 is 2.70 bits per heavy atom. The number of rotatable bonds is 4. The Kier molecular flexibility index (Phi) is 4.49. The molecule has 102 valence electrons. The summed E-state index contributed by atoms with van der Waals surface area (Å²) >= 11 is 0. The number of benzene rings is 2. The maximum absolute atomic E-state index is 13.9. The molecule has 0 aliphatic heterocycles. The van der Waals surface area contributed by atoms with E-state index in [9.17, 15) is 8.60 Å². The van der Waals surface area contributed by atoms with Crippen LogP contribution in [0.15, 0.2) is 47.4 Å². The molecule has 0 spiro atoms. The molecule has 0 saturated carbocycles. The summed E-state index contributed by atoms with van der Waals surface area (Å²) in [7, 11) is 0.0522. The summed E-state index contributed by atoms with van der Waals surface area (Å²) in [5.41, 5.74) is 0.216. The molecule has 0 aromatic heterocycles. The van der Waals surface area contributed by atoms with Crippen LogP contribution in [0, 0.1) is 17.1 Å². The molecule has 0 aliphatic carbocycles. The minimum absolute atomic E-state index is 0.00171. The van der Waals surface area contributed by atoms with Crippen molar-refractivity contribution in [2.45, 2.75) is 10.6 Å². The largest absolute Gasteiger partial charge is 0.495 e. The van der Waals surface area contributed by atoms with Crippen LogP contribution in [0.25, 0.3) is 0 Å². The lowest BCUT2D eigenvalue weighted by molar-refractivity contribution is 0.404. The Morgan fingerprint density at radius 2 is 2.00 bits per heavy atom. The summed E-state index contributed by atoms with van der Waals surface area (Å²) in [4.78, 5) is 0.511. The molecule has 2 aromatic carbocycles.